The number of alkyl halides is 3. The Balaban J connectivity index is 1.81. The molecule has 1 aliphatic heterocycles. The second-order valence-electron chi connectivity index (χ2n) is 8.69. The van der Waals surface area contributed by atoms with Gasteiger partial charge in [0, 0.05) is 37.3 Å². The van der Waals surface area contributed by atoms with Gasteiger partial charge in [0.2, 0.25) is 0 Å². The number of carboxylic acid groups (broad SMARTS) is 1. The molecule has 182 valence electrons. The number of fused-ring (bicyclic) bond motifs is 1. The second kappa shape index (κ2) is 8.94. The fourth-order valence-corrected chi connectivity index (χ4v) is 4.75. The summed E-state index contributed by atoms with van der Waals surface area (Å²) in [5.41, 5.74) is -0.710. The number of nitriles is 1. The Morgan fingerprint density at radius 2 is 2.06 bits per heavy atom. The summed E-state index contributed by atoms with van der Waals surface area (Å²) in [7, 11) is 1.60. The quantitative estimate of drug-likeness (QED) is 0.553. The van der Waals surface area contributed by atoms with Gasteiger partial charge in [0.1, 0.15) is 5.65 Å². The largest absolute Gasteiger partial charge is 0.465 e. The predicted octanol–water partition coefficient (Wildman–Crippen LogP) is 4.82. The maximum Gasteiger partial charge on any atom is 0.419 e. The van der Waals surface area contributed by atoms with E-state index < -0.39 is 29.4 Å². The minimum Gasteiger partial charge on any atom is -0.465 e. The number of nitrogens with zero attached hydrogens (tertiary/aromatic N) is 4. The molecule has 2 N–H and O–H groups in total. The first kappa shape index (κ1) is 24.1. The first-order valence-corrected chi connectivity index (χ1v) is 10.9. The molecular formula is C24H22F3N5O3. The standard InChI is InChI=1S/C24H22F3N5O3/c1-13-11-32(23(34)35)7-6-16(13)17-12-31(2)21-19(17)20(24(25,26)27)18(10-29-21)30-22(33)15-5-3-4-14(8-15)9-28/h3-5,8,10,12-13,16H,6-7,11H2,1-2H3,(H,30,33)(H,34,35). The summed E-state index contributed by atoms with van der Waals surface area (Å²) in [4.78, 5) is 29.6. The van der Waals surface area contributed by atoms with Crippen LogP contribution in [0, 0.1) is 17.2 Å². The van der Waals surface area contributed by atoms with E-state index in [2.05, 4.69) is 10.3 Å². The third-order valence-electron chi connectivity index (χ3n) is 6.38. The second-order valence-corrected chi connectivity index (χ2v) is 8.69. The molecule has 0 radical (unpaired) electrons. The number of rotatable bonds is 3. The Morgan fingerprint density at radius 1 is 1.31 bits per heavy atom. The summed E-state index contributed by atoms with van der Waals surface area (Å²) in [6.45, 7) is 2.23. The molecule has 0 saturated carbocycles. The number of benzene rings is 1. The van der Waals surface area contributed by atoms with Crippen LogP contribution < -0.4 is 5.32 Å². The van der Waals surface area contributed by atoms with Crippen LogP contribution >= 0.6 is 0 Å². The van der Waals surface area contributed by atoms with Crippen molar-refractivity contribution in [2.45, 2.75) is 25.4 Å². The van der Waals surface area contributed by atoms with Crippen molar-refractivity contribution in [2.24, 2.45) is 13.0 Å². The average Bonchev–Trinajstić information content (AvgIpc) is 3.13. The van der Waals surface area contributed by atoms with Crippen LogP contribution in [0.3, 0.4) is 0 Å². The number of aryl methyl sites for hydroxylation is 1. The van der Waals surface area contributed by atoms with Gasteiger partial charge in [0.05, 0.1) is 29.1 Å². The van der Waals surface area contributed by atoms with E-state index in [9.17, 15) is 27.9 Å². The van der Waals surface area contributed by atoms with E-state index in [1.807, 2.05) is 13.0 Å². The van der Waals surface area contributed by atoms with Crippen LogP contribution in [0.5, 0.6) is 0 Å². The Hall–Kier alpha value is -4.07. The molecule has 3 aromatic rings. The van der Waals surface area contributed by atoms with E-state index in [-0.39, 0.29) is 47.1 Å². The van der Waals surface area contributed by atoms with Crippen LogP contribution in [0.25, 0.3) is 11.0 Å². The van der Waals surface area contributed by atoms with Gasteiger partial charge >= 0.3 is 12.3 Å². The molecule has 1 fully saturated rings. The van der Waals surface area contributed by atoms with E-state index in [0.29, 0.717) is 12.0 Å². The maximum atomic E-state index is 14.5. The number of anilines is 1. The van der Waals surface area contributed by atoms with Crippen LogP contribution in [0.2, 0.25) is 0 Å². The Kier molecular flexibility index (Phi) is 6.15. The van der Waals surface area contributed by atoms with E-state index in [4.69, 9.17) is 5.26 Å². The third kappa shape index (κ3) is 4.51. The zero-order valence-electron chi connectivity index (χ0n) is 18.9. The van der Waals surface area contributed by atoms with Gasteiger partial charge in [0.25, 0.3) is 5.91 Å². The summed E-state index contributed by atoms with van der Waals surface area (Å²) >= 11 is 0. The lowest BCUT2D eigenvalue weighted by molar-refractivity contribution is -0.135. The number of carbonyl (C=O) groups is 2. The molecule has 2 amide bonds. The molecule has 0 spiro atoms. The molecule has 2 unspecified atom stereocenters. The van der Waals surface area contributed by atoms with Gasteiger partial charge in [-0.25, -0.2) is 9.78 Å². The molecule has 1 aliphatic rings. The van der Waals surface area contributed by atoms with Crippen molar-refractivity contribution in [3.63, 3.8) is 0 Å². The lowest BCUT2D eigenvalue weighted by atomic mass is 9.81. The van der Waals surface area contributed by atoms with Gasteiger partial charge in [0.15, 0.2) is 0 Å². The summed E-state index contributed by atoms with van der Waals surface area (Å²) in [5.74, 6) is -1.34. The van der Waals surface area contributed by atoms with E-state index in [1.54, 1.807) is 13.2 Å². The van der Waals surface area contributed by atoms with Gasteiger partial charge in [-0.3, -0.25) is 4.79 Å². The molecule has 35 heavy (non-hydrogen) atoms. The van der Waals surface area contributed by atoms with Crippen molar-refractivity contribution in [3.05, 3.63) is 58.9 Å². The maximum absolute atomic E-state index is 14.5. The minimum atomic E-state index is -4.81. The number of hydrogen-bond donors (Lipinski definition) is 2. The number of likely N-dealkylation sites (tertiary alicyclic amines) is 1. The van der Waals surface area contributed by atoms with Crippen molar-refractivity contribution >= 4 is 28.7 Å². The molecule has 11 heteroatoms. The molecule has 0 aliphatic carbocycles. The van der Waals surface area contributed by atoms with Crippen LogP contribution in [0.4, 0.5) is 23.7 Å². The number of hydrogen-bond acceptors (Lipinski definition) is 4. The van der Waals surface area contributed by atoms with Gasteiger partial charge in [-0.05, 0) is 42.0 Å². The van der Waals surface area contributed by atoms with Crippen LogP contribution in [0.1, 0.15) is 46.3 Å². The highest BCUT2D eigenvalue weighted by Gasteiger charge is 2.40. The van der Waals surface area contributed by atoms with Crippen LogP contribution in [-0.4, -0.2) is 44.6 Å². The van der Waals surface area contributed by atoms with Crippen molar-refractivity contribution in [1.29, 1.82) is 5.26 Å². The van der Waals surface area contributed by atoms with Crippen molar-refractivity contribution in [2.75, 3.05) is 18.4 Å². The normalized spacial score (nSPS) is 18.3. The lowest BCUT2D eigenvalue weighted by Gasteiger charge is -2.35. The summed E-state index contributed by atoms with van der Waals surface area (Å²) in [6.07, 6.45) is -2.92. The van der Waals surface area contributed by atoms with Crippen LogP contribution in [0.15, 0.2) is 36.7 Å². The summed E-state index contributed by atoms with van der Waals surface area (Å²) in [5, 5.41) is 20.6. The number of nitrogens with one attached hydrogen (secondary N) is 1. The van der Waals surface area contributed by atoms with E-state index in [1.165, 1.54) is 33.7 Å². The third-order valence-corrected chi connectivity index (χ3v) is 6.38. The summed E-state index contributed by atoms with van der Waals surface area (Å²) in [6, 6.07) is 7.54. The molecule has 1 aromatic carbocycles. The number of pyridine rings is 1. The number of halogens is 3. The minimum absolute atomic E-state index is 0.0419. The molecule has 3 heterocycles. The Bertz CT molecular complexity index is 1360. The first-order chi connectivity index (χ1) is 16.5. The highest BCUT2D eigenvalue weighted by atomic mass is 19.4. The number of piperidine rings is 1. The highest BCUT2D eigenvalue weighted by molar-refractivity contribution is 6.06. The van der Waals surface area contributed by atoms with Gasteiger partial charge in [-0.2, -0.15) is 18.4 Å². The van der Waals surface area contributed by atoms with Gasteiger partial charge in [-0.1, -0.05) is 13.0 Å². The van der Waals surface area contributed by atoms with Crippen molar-refractivity contribution in [3.8, 4) is 6.07 Å². The van der Waals surface area contributed by atoms with Gasteiger partial charge in [-0.15, -0.1) is 0 Å². The number of aromatic nitrogens is 2. The molecule has 2 aromatic heterocycles. The van der Waals surface area contributed by atoms with Gasteiger partial charge < -0.3 is 19.9 Å². The number of amides is 2. The molecule has 0 bridgehead atoms. The average molecular weight is 485 g/mol. The zero-order chi connectivity index (χ0) is 25.5. The molecule has 8 nitrogen and oxygen atoms in total. The zero-order valence-corrected chi connectivity index (χ0v) is 18.9. The van der Waals surface area contributed by atoms with Crippen molar-refractivity contribution in [1.82, 2.24) is 14.5 Å². The lowest BCUT2D eigenvalue weighted by Crippen LogP contribution is -2.41. The van der Waals surface area contributed by atoms with E-state index in [0.717, 1.165) is 6.20 Å². The predicted molar refractivity (Wildman–Crippen MR) is 121 cm³/mol. The topological polar surface area (TPSA) is 111 Å². The summed E-state index contributed by atoms with van der Waals surface area (Å²) < 4.78 is 44.9. The Labute approximate surface area is 198 Å². The monoisotopic (exact) mass is 485 g/mol. The van der Waals surface area contributed by atoms with Crippen molar-refractivity contribution < 1.29 is 27.9 Å². The number of carbonyl (C=O) groups excluding carboxylic acids is 1. The fraction of sp³-hybridized carbons (Fsp3) is 0.333. The molecule has 4 rings (SSSR count). The molecular weight excluding hydrogens is 463 g/mol. The smallest absolute Gasteiger partial charge is 0.419 e. The SMILES string of the molecule is CC1CN(C(=O)O)CCC1c1cn(C)c2ncc(NC(=O)c3cccc(C#N)c3)c(C(F)(F)F)c12. The molecule has 1 saturated heterocycles. The Morgan fingerprint density at radius 3 is 2.69 bits per heavy atom. The van der Waals surface area contributed by atoms with Crippen LogP contribution in [-0.2, 0) is 13.2 Å². The fourth-order valence-electron chi connectivity index (χ4n) is 4.75. The molecule has 2 atom stereocenters. The highest BCUT2D eigenvalue weighted by Crippen LogP contribution is 2.45. The first-order valence-electron chi connectivity index (χ1n) is 10.9. The van der Waals surface area contributed by atoms with E-state index >= 15 is 0 Å².